The van der Waals surface area contributed by atoms with E-state index in [2.05, 4.69) is 14.7 Å². The summed E-state index contributed by atoms with van der Waals surface area (Å²) in [5, 5.41) is 0.0191. The van der Waals surface area contributed by atoms with E-state index in [1.807, 2.05) is 25.9 Å². The third-order valence-electron chi connectivity index (χ3n) is 2.36. The maximum absolute atomic E-state index is 11.8. The average molecular weight is 279 g/mol. The summed E-state index contributed by atoms with van der Waals surface area (Å²) >= 11 is 5.49. The van der Waals surface area contributed by atoms with Crippen LogP contribution < -0.4 is 4.72 Å². The summed E-state index contributed by atoms with van der Waals surface area (Å²) < 4.78 is 26.1. The highest BCUT2D eigenvalue weighted by molar-refractivity contribution is 7.89. The minimum atomic E-state index is -3.57. The van der Waals surface area contributed by atoms with Gasteiger partial charge in [0.05, 0.1) is 12.4 Å². The number of hydrogen-bond acceptors (Lipinski definition) is 5. The molecule has 8 heteroatoms. The van der Waals surface area contributed by atoms with Crippen LogP contribution in [0, 0.1) is 0 Å². The third-order valence-corrected chi connectivity index (χ3v) is 3.93. The highest BCUT2D eigenvalue weighted by Gasteiger charge is 2.16. The Labute approximate surface area is 106 Å². The van der Waals surface area contributed by atoms with E-state index < -0.39 is 10.0 Å². The molecular weight excluding hydrogens is 264 g/mol. The van der Waals surface area contributed by atoms with Crippen LogP contribution in [0.15, 0.2) is 17.3 Å². The molecule has 1 aromatic heterocycles. The molecule has 0 aromatic carbocycles. The lowest BCUT2D eigenvalue weighted by atomic mass is 10.3. The molecule has 1 unspecified atom stereocenters. The quantitative estimate of drug-likeness (QED) is 0.787. The van der Waals surface area contributed by atoms with Gasteiger partial charge in [-0.25, -0.2) is 23.1 Å². The van der Waals surface area contributed by atoms with Gasteiger partial charge in [0.1, 0.15) is 4.90 Å². The molecule has 1 heterocycles. The number of rotatable bonds is 5. The van der Waals surface area contributed by atoms with Crippen LogP contribution in [-0.2, 0) is 10.0 Å². The van der Waals surface area contributed by atoms with Crippen LogP contribution in [0.25, 0.3) is 0 Å². The summed E-state index contributed by atoms with van der Waals surface area (Å²) in [6.07, 6.45) is 2.36. The van der Waals surface area contributed by atoms with Gasteiger partial charge in [0.2, 0.25) is 15.3 Å². The first-order valence-electron chi connectivity index (χ1n) is 4.96. The summed E-state index contributed by atoms with van der Waals surface area (Å²) in [4.78, 5) is 9.19. The fourth-order valence-electron chi connectivity index (χ4n) is 0.935. The Bertz CT molecular complexity index is 460. The van der Waals surface area contributed by atoms with Crippen LogP contribution in [0.3, 0.4) is 0 Å². The zero-order valence-corrected chi connectivity index (χ0v) is 11.5. The number of hydrogen-bond donors (Lipinski definition) is 1. The van der Waals surface area contributed by atoms with Crippen LogP contribution in [0.4, 0.5) is 0 Å². The van der Waals surface area contributed by atoms with Gasteiger partial charge in [0.25, 0.3) is 0 Å². The summed E-state index contributed by atoms with van der Waals surface area (Å²) in [6, 6.07) is 0.0954. The number of halogens is 1. The molecule has 0 aliphatic heterocycles. The van der Waals surface area contributed by atoms with Crippen LogP contribution in [0.2, 0.25) is 5.28 Å². The fourth-order valence-corrected chi connectivity index (χ4v) is 2.04. The number of aromatic nitrogens is 2. The van der Waals surface area contributed by atoms with Crippen molar-refractivity contribution in [2.45, 2.75) is 17.9 Å². The van der Waals surface area contributed by atoms with E-state index in [-0.39, 0.29) is 16.2 Å². The molecule has 0 radical (unpaired) electrons. The molecule has 0 amide bonds. The van der Waals surface area contributed by atoms with Crippen molar-refractivity contribution < 1.29 is 8.42 Å². The number of nitrogens with one attached hydrogen (secondary N) is 1. The second kappa shape index (κ2) is 5.72. The van der Waals surface area contributed by atoms with Gasteiger partial charge in [-0.2, -0.15) is 0 Å². The predicted molar refractivity (Wildman–Crippen MR) is 65.4 cm³/mol. The molecule has 0 saturated heterocycles. The van der Waals surface area contributed by atoms with Gasteiger partial charge in [-0.3, -0.25) is 0 Å². The maximum Gasteiger partial charge on any atom is 0.243 e. The number of likely N-dealkylation sites (N-methyl/N-ethyl adjacent to an activating group) is 1. The van der Waals surface area contributed by atoms with Crippen molar-refractivity contribution >= 4 is 21.6 Å². The lowest BCUT2D eigenvalue weighted by Gasteiger charge is -2.19. The fraction of sp³-hybridized carbons (Fsp3) is 0.556. The molecule has 0 spiro atoms. The van der Waals surface area contributed by atoms with E-state index in [1.165, 1.54) is 12.4 Å². The van der Waals surface area contributed by atoms with E-state index in [9.17, 15) is 8.42 Å². The summed E-state index contributed by atoms with van der Waals surface area (Å²) in [5.74, 6) is 0. The van der Waals surface area contributed by atoms with Gasteiger partial charge in [-0.05, 0) is 32.6 Å². The highest BCUT2D eigenvalue weighted by atomic mass is 35.5. The van der Waals surface area contributed by atoms with Crippen LogP contribution in [0.1, 0.15) is 6.92 Å². The van der Waals surface area contributed by atoms with Crippen molar-refractivity contribution in [3.05, 3.63) is 17.7 Å². The zero-order valence-electron chi connectivity index (χ0n) is 9.88. The Balaban J connectivity index is 2.72. The van der Waals surface area contributed by atoms with Crippen molar-refractivity contribution in [1.82, 2.24) is 19.6 Å². The topological polar surface area (TPSA) is 75.2 Å². The molecule has 0 fully saturated rings. The van der Waals surface area contributed by atoms with Gasteiger partial charge in [0, 0.05) is 12.6 Å². The van der Waals surface area contributed by atoms with E-state index in [0.717, 1.165) is 0 Å². The Kier molecular flexibility index (Phi) is 4.81. The second-order valence-corrected chi connectivity index (χ2v) is 5.96. The van der Waals surface area contributed by atoms with Crippen molar-refractivity contribution in [2.75, 3.05) is 20.6 Å². The summed E-state index contributed by atoms with van der Waals surface area (Å²) in [6.45, 7) is 2.23. The van der Waals surface area contributed by atoms with Gasteiger partial charge in [0.15, 0.2) is 0 Å². The molecule has 0 saturated carbocycles. The molecule has 0 aliphatic carbocycles. The monoisotopic (exact) mass is 278 g/mol. The van der Waals surface area contributed by atoms with Crippen molar-refractivity contribution in [1.29, 1.82) is 0 Å². The minimum absolute atomic E-state index is 0.00727. The van der Waals surface area contributed by atoms with Crippen LogP contribution in [-0.4, -0.2) is 50.0 Å². The van der Waals surface area contributed by atoms with Gasteiger partial charge < -0.3 is 4.90 Å². The van der Waals surface area contributed by atoms with Gasteiger partial charge in [-0.15, -0.1) is 0 Å². The number of sulfonamides is 1. The van der Waals surface area contributed by atoms with Crippen LogP contribution in [0.5, 0.6) is 0 Å². The smallest absolute Gasteiger partial charge is 0.243 e. The maximum atomic E-state index is 11.8. The van der Waals surface area contributed by atoms with Crippen LogP contribution >= 0.6 is 11.6 Å². The van der Waals surface area contributed by atoms with E-state index >= 15 is 0 Å². The van der Waals surface area contributed by atoms with Crippen molar-refractivity contribution in [3.63, 3.8) is 0 Å². The Hall–Kier alpha value is -0.760. The summed E-state index contributed by atoms with van der Waals surface area (Å²) in [7, 11) is 0.193. The molecular formula is C9H15ClN4O2S. The number of nitrogens with zero attached hydrogens (tertiary/aromatic N) is 3. The minimum Gasteiger partial charge on any atom is -0.305 e. The molecule has 17 heavy (non-hydrogen) atoms. The SMILES string of the molecule is CC(CNS(=O)(=O)c1cnc(Cl)nc1)N(C)C. The Morgan fingerprint density at radius 3 is 2.41 bits per heavy atom. The molecule has 1 atom stereocenters. The van der Waals surface area contributed by atoms with Gasteiger partial charge in [-0.1, -0.05) is 0 Å². The lowest BCUT2D eigenvalue weighted by Crippen LogP contribution is -2.38. The highest BCUT2D eigenvalue weighted by Crippen LogP contribution is 2.07. The molecule has 1 aromatic rings. The first-order valence-corrected chi connectivity index (χ1v) is 6.82. The van der Waals surface area contributed by atoms with E-state index in [1.54, 1.807) is 0 Å². The van der Waals surface area contributed by atoms with Crippen molar-refractivity contribution in [2.24, 2.45) is 0 Å². The normalized spacial score (nSPS) is 13.9. The third kappa shape index (κ3) is 4.19. The lowest BCUT2D eigenvalue weighted by molar-refractivity contribution is 0.314. The molecule has 96 valence electrons. The molecule has 0 aliphatic rings. The zero-order chi connectivity index (χ0) is 13.1. The second-order valence-electron chi connectivity index (χ2n) is 3.85. The van der Waals surface area contributed by atoms with Crippen molar-refractivity contribution in [3.8, 4) is 0 Å². The standard InChI is InChI=1S/C9H15ClN4O2S/c1-7(14(2)3)4-13-17(15,16)8-5-11-9(10)12-6-8/h5-7,13H,4H2,1-3H3. The first kappa shape index (κ1) is 14.3. The largest absolute Gasteiger partial charge is 0.305 e. The Morgan fingerprint density at radius 1 is 1.41 bits per heavy atom. The molecule has 1 rings (SSSR count). The molecule has 0 bridgehead atoms. The van der Waals surface area contributed by atoms with E-state index in [0.29, 0.717) is 6.54 Å². The average Bonchev–Trinajstić information content (AvgIpc) is 2.26. The molecule has 6 nitrogen and oxygen atoms in total. The summed E-state index contributed by atoms with van der Waals surface area (Å²) in [5.41, 5.74) is 0. The molecule has 1 N–H and O–H groups in total. The van der Waals surface area contributed by atoms with Gasteiger partial charge >= 0.3 is 0 Å². The van der Waals surface area contributed by atoms with E-state index in [4.69, 9.17) is 11.6 Å². The predicted octanol–water partition coefficient (Wildman–Crippen LogP) is 0.358. The Morgan fingerprint density at radius 2 is 1.94 bits per heavy atom. The first-order chi connectivity index (χ1) is 7.83.